The summed E-state index contributed by atoms with van der Waals surface area (Å²) in [5.41, 5.74) is 9.12. The number of hydrogen-bond donors (Lipinski definition) is 3. The Morgan fingerprint density at radius 2 is 1.96 bits per heavy atom. The number of benzene rings is 1. The summed E-state index contributed by atoms with van der Waals surface area (Å²) in [4.78, 5) is 4.24. The van der Waals surface area contributed by atoms with Crippen molar-refractivity contribution in [3.63, 3.8) is 0 Å². The second-order valence-corrected chi connectivity index (χ2v) is 4.65. The van der Waals surface area contributed by atoms with E-state index in [1.54, 1.807) is 0 Å². The molecule has 1 saturated heterocycles. The highest BCUT2D eigenvalue weighted by Crippen LogP contribution is 2.27. The van der Waals surface area contributed by atoms with Crippen molar-refractivity contribution in [1.29, 1.82) is 5.26 Å². The van der Waals surface area contributed by atoms with Crippen LogP contribution in [0.2, 0.25) is 0 Å². The number of nitrogens with zero attached hydrogens (tertiary/aromatic N) is 2. The zero-order chi connectivity index (χ0) is 16.4. The van der Waals surface area contributed by atoms with E-state index in [0.717, 1.165) is 0 Å². The van der Waals surface area contributed by atoms with Crippen molar-refractivity contribution in [3.8, 4) is 23.3 Å². The summed E-state index contributed by atoms with van der Waals surface area (Å²) in [5.74, 6) is -0.104. The van der Waals surface area contributed by atoms with E-state index in [4.69, 9.17) is 9.68 Å². The van der Waals surface area contributed by atoms with Crippen LogP contribution in [0.4, 0.5) is 13.2 Å². The lowest BCUT2D eigenvalue weighted by Crippen LogP contribution is -2.32. The lowest BCUT2D eigenvalue weighted by Gasteiger charge is -2.08. The maximum absolute atomic E-state index is 12.1. The second kappa shape index (κ2) is 5.88. The first kappa shape index (κ1) is 15.3. The van der Waals surface area contributed by atoms with Gasteiger partial charge in [-0.2, -0.15) is 10.8 Å². The van der Waals surface area contributed by atoms with Crippen LogP contribution in [-0.4, -0.2) is 17.4 Å². The van der Waals surface area contributed by atoms with E-state index in [1.807, 2.05) is 6.07 Å². The summed E-state index contributed by atoms with van der Waals surface area (Å²) < 4.78 is 45.5. The second-order valence-electron chi connectivity index (χ2n) is 4.65. The minimum Gasteiger partial charge on any atom is -0.444 e. The molecule has 3 N–H and O–H groups in total. The maximum atomic E-state index is 12.1. The number of oxazole rings is 1. The number of aromatic nitrogens is 1. The molecule has 2 unspecified atom stereocenters. The number of rotatable bonds is 3. The molecule has 2 aromatic rings. The fourth-order valence-electron chi connectivity index (χ4n) is 2.08. The number of hydrogen-bond acceptors (Lipinski definition) is 7. The van der Waals surface area contributed by atoms with Crippen LogP contribution in [0.5, 0.6) is 5.75 Å². The molecule has 7 nitrogen and oxygen atoms in total. The molecule has 1 aliphatic rings. The Balaban J connectivity index is 1.77. The zero-order valence-corrected chi connectivity index (χ0v) is 11.4. The van der Waals surface area contributed by atoms with Crippen LogP contribution in [0, 0.1) is 11.3 Å². The molecular formula is C13H10F3N5O2. The molecule has 120 valence electrons. The quantitative estimate of drug-likeness (QED) is 0.792. The van der Waals surface area contributed by atoms with Gasteiger partial charge in [-0.15, -0.1) is 13.2 Å². The third kappa shape index (κ3) is 3.42. The van der Waals surface area contributed by atoms with E-state index in [-0.39, 0.29) is 11.6 Å². The van der Waals surface area contributed by atoms with Crippen molar-refractivity contribution in [1.82, 2.24) is 21.4 Å². The van der Waals surface area contributed by atoms with Gasteiger partial charge < -0.3 is 9.15 Å². The van der Waals surface area contributed by atoms with Crippen LogP contribution in [-0.2, 0) is 0 Å². The monoisotopic (exact) mass is 325 g/mol. The molecule has 23 heavy (non-hydrogen) atoms. The first-order chi connectivity index (χ1) is 11.0. The summed E-state index contributed by atoms with van der Waals surface area (Å²) in [5, 5.41) is 8.99. The van der Waals surface area contributed by atoms with Gasteiger partial charge in [-0.3, -0.25) is 0 Å². The molecule has 3 rings (SSSR count). The number of hydrazine groups is 2. The topological polar surface area (TPSA) is 95.1 Å². The predicted octanol–water partition coefficient (Wildman–Crippen LogP) is 1.79. The highest BCUT2D eigenvalue weighted by Gasteiger charge is 2.32. The first-order valence-corrected chi connectivity index (χ1v) is 6.43. The fraction of sp³-hybridized carbons (Fsp3) is 0.231. The Morgan fingerprint density at radius 3 is 2.61 bits per heavy atom. The summed E-state index contributed by atoms with van der Waals surface area (Å²) in [6.45, 7) is 0. The number of alkyl halides is 3. The van der Waals surface area contributed by atoms with Crippen molar-refractivity contribution in [2.24, 2.45) is 0 Å². The third-order valence-electron chi connectivity index (χ3n) is 3.10. The Labute approximate surface area is 128 Å². The summed E-state index contributed by atoms with van der Waals surface area (Å²) in [6, 6.07) is 6.24. The fourth-order valence-corrected chi connectivity index (χ4v) is 2.08. The lowest BCUT2D eigenvalue weighted by molar-refractivity contribution is -0.274. The van der Waals surface area contributed by atoms with E-state index >= 15 is 0 Å². The van der Waals surface area contributed by atoms with E-state index < -0.39 is 18.4 Å². The number of ether oxygens (including phenoxy) is 1. The Kier molecular flexibility index (Phi) is 3.91. The van der Waals surface area contributed by atoms with Gasteiger partial charge in [0.2, 0.25) is 5.89 Å². The van der Waals surface area contributed by atoms with Crippen molar-refractivity contribution >= 4 is 0 Å². The number of nitriles is 1. The molecule has 1 aromatic heterocycles. The van der Waals surface area contributed by atoms with Crippen LogP contribution in [0.1, 0.15) is 11.7 Å². The van der Waals surface area contributed by atoms with Gasteiger partial charge in [-0.1, -0.05) is 0 Å². The molecule has 0 amide bonds. The molecule has 1 aromatic carbocycles. The SMILES string of the molecule is N#CC1NNNC1c1coc(-c2ccc(OC(F)(F)F)cc2)n1. The molecule has 0 radical (unpaired) electrons. The van der Waals surface area contributed by atoms with Crippen molar-refractivity contribution in [3.05, 3.63) is 36.2 Å². The summed E-state index contributed by atoms with van der Waals surface area (Å²) >= 11 is 0. The summed E-state index contributed by atoms with van der Waals surface area (Å²) in [6.07, 6.45) is -3.36. The van der Waals surface area contributed by atoms with E-state index in [9.17, 15) is 13.2 Å². The molecule has 0 spiro atoms. The minimum atomic E-state index is -4.74. The van der Waals surface area contributed by atoms with Gasteiger partial charge >= 0.3 is 6.36 Å². The zero-order valence-electron chi connectivity index (χ0n) is 11.4. The molecule has 0 saturated carbocycles. The standard InChI is InChI=1S/C13H10F3N5O2/c14-13(15,16)23-8-3-1-7(2-4-8)12-18-10(6-22-12)11-9(5-17)19-21-20-11/h1-4,6,9,11,19-21H. The van der Waals surface area contributed by atoms with Gasteiger partial charge in [0.25, 0.3) is 0 Å². The largest absolute Gasteiger partial charge is 0.573 e. The van der Waals surface area contributed by atoms with Gasteiger partial charge in [-0.05, 0) is 24.3 Å². The van der Waals surface area contributed by atoms with E-state index in [1.165, 1.54) is 30.5 Å². The Morgan fingerprint density at radius 1 is 1.22 bits per heavy atom. The first-order valence-electron chi connectivity index (χ1n) is 6.43. The molecule has 2 heterocycles. The average molecular weight is 325 g/mol. The molecule has 0 bridgehead atoms. The van der Waals surface area contributed by atoms with E-state index in [0.29, 0.717) is 11.3 Å². The third-order valence-corrected chi connectivity index (χ3v) is 3.10. The van der Waals surface area contributed by atoms with Crippen molar-refractivity contribution in [2.75, 3.05) is 0 Å². The predicted molar refractivity (Wildman–Crippen MR) is 70.2 cm³/mol. The normalized spacial score (nSPS) is 21.1. The van der Waals surface area contributed by atoms with E-state index in [2.05, 4.69) is 26.1 Å². The molecular weight excluding hydrogens is 315 g/mol. The Hall–Kier alpha value is -2.61. The number of nitrogens with one attached hydrogen (secondary N) is 3. The van der Waals surface area contributed by atoms with Crippen LogP contribution < -0.4 is 21.1 Å². The molecule has 0 aliphatic carbocycles. The van der Waals surface area contributed by atoms with Gasteiger partial charge in [0.1, 0.15) is 23.7 Å². The summed E-state index contributed by atoms with van der Waals surface area (Å²) in [7, 11) is 0. The molecule has 10 heteroatoms. The van der Waals surface area contributed by atoms with Crippen molar-refractivity contribution < 1.29 is 22.3 Å². The lowest BCUT2D eigenvalue weighted by atomic mass is 10.1. The molecule has 1 aliphatic heterocycles. The highest BCUT2D eigenvalue weighted by atomic mass is 19.4. The van der Waals surface area contributed by atoms with Gasteiger partial charge in [0.15, 0.2) is 0 Å². The maximum Gasteiger partial charge on any atom is 0.573 e. The van der Waals surface area contributed by atoms with Crippen LogP contribution >= 0.6 is 0 Å². The number of halogens is 3. The smallest absolute Gasteiger partial charge is 0.444 e. The average Bonchev–Trinajstić information content (AvgIpc) is 3.15. The van der Waals surface area contributed by atoms with Crippen LogP contribution in [0.3, 0.4) is 0 Å². The van der Waals surface area contributed by atoms with Gasteiger partial charge in [0.05, 0.1) is 12.1 Å². The molecule has 1 fully saturated rings. The minimum absolute atomic E-state index is 0.226. The van der Waals surface area contributed by atoms with Gasteiger partial charge in [-0.25, -0.2) is 15.8 Å². The van der Waals surface area contributed by atoms with Crippen LogP contribution in [0.25, 0.3) is 11.5 Å². The van der Waals surface area contributed by atoms with Crippen LogP contribution in [0.15, 0.2) is 34.9 Å². The van der Waals surface area contributed by atoms with Crippen molar-refractivity contribution in [2.45, 2.75) is 18.4 Å². The Bertz CT molecular complexity index is 722. The highest BCUT2D eigenvalue weighted by molar-refractivity contribution is 5.54. The molecule has 2 atom stereocenters. The van der Waals surface area contributed by atoms with Gasteiger partial charge in [0, 0.05) is 5.56 Å².